The predicted octanol–water partition coefficient (Wildman–Crippen LogP) is 5.88. The molecule has 1 saturated heterocycles. The Morgan fingerprint density at radius 2 is 1.94 bits per heavy atom. The summed E-state index contributed by atoms with van der Waals surface area (Å²) in [4.78, 5) is 23.0. The molecule has 0 unspecified atom stereocenters. The van der Waals surface area contributed by atoms with Gasteiger partial charge in [-0.3, -0.25) is 4.79 Å². The standard InChI is InChI=1S/C28H42O4/c1-16(29)6-9-24-17(2)26-25(32-24)15-23-21-8-7-19-14-20(31-18(3)30)10-12-27(19,4)22(21)11-13-28(23,26)5/h7,17,20-26H,6,8-15H2,1-5H3/t17-,20+,21-,22+,23+,24-,25+,26+,27+,28+/m1/s1. The number of ketones is 1. The minimum Gasteiger partial charge on any atom is -0.462 e. The van der Waals surface area contributed by atoms with Gasteiger partial charge in [-0.15, -0.1) is 0 Å². The lowest BCUT2D eigenvalue weighted by atomic mass is 9.47. The lowest BCUT2D eigenvalue weighted by Crippen LogP contribution is -2.51. The quantitative estimate of drug-likeness (QED) is 0.403. The van der Waals surface area contributed by atoms with Crippen molar-refractivity contribution < 1.29 is 19.1 Å². The SMILES string of the molecule is CC(=O)CC[C@H]1O[C@H]2C[C@H]3[C@@H]4CC=C5C[C@@H](OC(C)=O)CC[C@]5(C)[C@H]4CC[C@]3(C)[C@H]2[C@@H]1C. The Balaban J connectivity index is 1.34. The molecule has 5 rings (SSSR count). The van der Waals surface area contributed by atoms with Crippen LogP contribution in [0.2, 0.25) is 0 Å². The van der Waals surface area contributed by atoms with Gasteiger partial charge in [-0.25, -0.2) is 0 Å². The van der Waals surface area contributed by atoms with Crippen molar-refractivity contribution in [3.63, 3.8) is 0 Å². The third kappa shape index (κ3) is 3.42. The zero-order valence-corrected chi connectivity index (χ0v) is 20.7. The second kappa shape index (κ2) is 7.96. The molecular weight excluding hydrogens is 400 g/mol. The number of hydrogen-bond donors (Lipinski definition) is 0. The molecule has 0 amide bonds. The molecule has 3 saturated carbocycles. The molecule has 4 aliphatic carbocycles. The molecule has 0 N–H and O–H groups in total. The summed E-state index contributed by atoms with van der Waals surface area (Å²) < 4.78 is 12.2. The van der Waals surface area contributed by atoms with Gasteiger partial charge in [0.05, 0.1) is 12.2 Å². The fourth-order valence-corrected chi connectivity index (χ4v) is 9.33. The minimum absolute atomic E-state index is 0.0734. The summed E-state index contributed by atoms with van der Waals surface area (Å²) in [5.74, 6) is 3.58. The van der Waals surface area contributed by atoms with Crippen LogP contribution in [0.25, 0.3) is 0 Å². The summed E-state index contributed by atoms with van der Waals surface area (Å²) >= 11 is 0. The number of rotatable bonds is 4. The molecule has 4 nitrogen and oxygen atoms in total. The van der Waals surface area contributed by atoms with Crippen LogP contribution in [0.1, 0.15) is 92.4 Å². The van der Waals surface area contributed by atoms with Crippen molar-refractivity contribution in [3.8, 4) is 0 Å². The Morgan fingerprint density at radius 1 is 1.16 bits per heavy atom. The van der Waals surface area contributed by atoms with E-state index in [4.69, 9.17) is 9.47 Å². The van der Waals surface area contributed by atoms with Gasteiger partial charge >= 0.3 is 5.97 Å². The first-order valence-electron chi connectivity index (χ1n) is 13.1. The van der Waals surface area contributed by atoms with Crippen LogP contribution in [0.15, 0.2) is 11.6 Å². The molecule has 32 heavy (non-hydrogen) atoms. The van der Waals surface area contributed by atoms with Crippen LogP contribution in [0.4, 0.5) is 0 Å². The molecule has 0 radical (unpaired) electrons. The highest BCUT2D eigenvalue weighted by Gasteiger charge is 2.64. The number of fused-ring (bicyclic) bond motifs is 7. The lowest BCUT2D eigenvalue weighted by Gasteiger charge is -2.58. The Bertz CT molecular complexity index is 816. The molecular formula is C28H42O4. The third-order valence-electron chi connectivity index (χ3n) is 10.8. The molecule has 0 aromatic heterocycles. The van der Waals surface area contributed by atoms with E-state index in [0.717, 1.165) is 43.4 Å². The van der Waals surface area contributed by atoms with E-state index in [2.05, 4.69) is 26.8 Å². The van der Waals surface area contributed by atoms with Crippen molar-refractivity contribution in [2.24, 2.45) is 40.4 Å². The predicted molar refractivity (Wildman–Crippen MR) is 124 cm³/mol. The number of hydrogen-bond acceptors (Lipinski definition) is 4. The van der Waals surface area contributed by atoms with E-state index in [1.54, 1.807) is 12.5 Å². The second-order valence-corrected chi connectivity index (χ2v) is 12.4. The van der Waals surface area contributed by atoms with Gasteiger partial charge in [0.15, 0.2) is 0 Å². The van der Waals surface area contributed by atoms with E-state index in [9.17, 15) is 9.59 Å². The summed E-state index contributed by atoms with van der Waals surface area (Å²) in [5.41, 5.74) is 2.20. The van der Waals surface area contributed by atoms with Crippen LogP contribution < -0.4 is 0 Å². The normalized spacial score (nSPS) is 49.3. The van der Waals surface area contributed by atoms with Crippen LogP contribution in [0, 0.1) is 40.4 Å². The monoisotopic (exact) mass is 442 g/mol. The number of allylic oxidation sites excluding steroid dienone is 1. The summed E-state index contributed by atoms with van der Waals surface area (Å²) in [6, 6.07) is 0. The van der Waals surface area contributed by atoms with Crippen molar-refractivity contribution in [2.75, 3.05) is 0 Å². The molecule has 4 fully saturated rings. The van der Waals surface area contributed by atoms with Gasteiger partial charge in [-0.2, -0.15) is 0 Å². The van der Waals surface area contributed by atoms with Crippen LogP contribution in [0.5, 0.6) is 0 Å². The largest absolute Gasteiger partial charge is 0.462 e. The number of ether oxygens (including phenoxy) is 2. The van der Waals surface area contributed by atoms with Crippen LogP contribution >= 0.6 is 0 Å². The van der Waals surface area contributed by atoms with E-state index in [1.807, 2.05) is 0 Å². The van der Waals surface area contributed by atoms with Crippen LogP contribution in [0.3, 0.4) is 0 Å². The maximum atomic E-state index is 11.5. The van der Waals surface area contributed by atoms with E-state index < -0.39 is 0 Å². The third-order valence-corrected chi connectivity index (χ3v) is 10.8. The lowest BCUT2D eigenvalue weighted by molar-refractivity contribution is -0.148. The topological polar surface area (TPSA) is 52.6 Å². The Labute approximate surface area is 193 Å². The summed E-state index contributed by atoms with van der Waals surface area (Å²) in [5, 5.41) is 0. The zero-order valence-electron chi connectivity index (χ0n) is 20.7. The first-order valence-corrected chi connectivity index (χ1v) is 13.1. The van der Waals surface area contributed by atoms with E-state index in [-0.39, 0.29) is 29.4 Å². The first kappa shape index (κ1) is 22.6. The Morgan fingerprint density at radius 3 is 2.66 bits per heavy atom. The van der Waals surface area contributed by atoms with Crippen LogP contribution in [-0.2, 0) is 19.1 Å². The molecule has 4 heteroatoms. The highest BCUT2D eigenvalue weighted by molar-refractivity contribution is 5.75. The molecule has 0 aromatic rings. The Kier molecular flexibility index (Phi) is 5.63. The van der Waals surface area contributed by atoms with E-state index in [1.165, 1.54) is 32.6 Å². The van der Waals surface area contributed by atoms with Gasteiger partial charge in [-0.05, 0) is 92.3 Å². The molecule has 1 aliphatic heterocycles. The summed E-state index contributed by atoms with van der Waals surface area (Å²) in [7, 11) is 0. The van der Waals surface area contributed by atoms with Crippen LogP contribution in [-0.4, -0.2) is 30.1 Å². The highest BCUT2D eigenvalue weighted by Crippen LogP contribution is 2.69. The number of carbonyl (C=O) groups excluding carboxylic acids is 2. The molecule has 0 aromatic carbocycles. The van der Waals surface area contributed by atoms with Crippen molar-refractivity contribution in [3.05, 3.63) is 11.6 Å². The van der Waals surface area contributed by atoms with Crippen molar-refractivity contribution in [1.29, 1.82) is 0 Å². The number of Topliss-reactive ketones (excluding diaryl/α,β-unsaturated/α-hetero) is 1. The van der Waals surface area contributed by atoms with Gasteiger partial charge in [-0.1, -0.05) is 32.4 Å². The molecule has 0 spiro atoms. The highest BCUT2D eigenvalue weighted by atomic mass is 16.5. The Hall–Kier alpha value is -1.16. The minimum atomic E-state index is -0.144. The smallest absolute Gasteiger partial charge is 0.302 e. The average molecular weight is 443 g/mol. The maximum Gasteiger partial charge on any atom is 0.302 e. The molecule has 178 valence electrons. The van der Waals surface area contributed by atoms with Gasteiger partial charge in [0.1, 0.15) is 11.9 Å². The molecule has 0 bridgehead atoms. The van der Waals surface area contributed by atoms with Crippen molar-refractivity contribution in [1.82, 2.24) is 0 Å². The maximum absolute atomic E-state index is 11.5. The van der Waals surface area contributed by atoms with E-state index >= 15 is 0 Å². The second-order valence-electron chi connectivity index (χ2n) is 12.4. The summed E-state index contributed by atoms with van der Waals surface area (Å²) in [6.45, 7) is 10.7. The fourth-order valence-electron chi connectivity index (χ4n) is 9.33. The first-order chi connectivity index (χ1) is 15.1. The van der Waals surface area contributed by atoms with Crippen molar-refractivity contribution >= 4 is 11.8 Å². The van der Waals surface area contributed by atoms with Gasteiger partial charge in [0.25, 0.3) is 0 Å². The average Bonchev–Trinajstić information content (AvgIpc) is 3.20. The summed E-state index contributed by atoms with van der Waals surface area (Å²) in [6.07, 6.45) is 12.9. The molecule has 5 aliphatic rings. The molecule has 10 atom stereocenters. The van der Waals surface area contributed by atoms with Gasteiger partial charge in [0.2, 0.25) is 0 Å². The molecule has 1 heterocycles. The van der Waals surface area contributed by atoms with Gasteiger partial charge in [0, 0.05) is 19.8 Å². The fraction of sp³-hybridized carbons (Fsp3) is 0.857. The van der Waals surface area contributed by atoms with Crippen molar-refractivity contribution in [2.45, 2.75) is 111 Å². The number of carbonyl (C=O) groups is 2. The number of esters is 1. The zero-order chi connectivity index (χ0) is 22.8. The van der Waals surface area contributed by atoms with Gasteiger partial charge < -0.3 is 14.3 Å². The van der Waals surface area contributed by atoms with E-state index in [0.29, 0.717) is 29.8 Å².